The third-order valence-electron chi connectivity index (χ3n) is 4.15. The van der Waals surface area contributed by atoms with Crippen molar-refractivity contribution in [1.29, 1.82) is 0 Å². The van der Waals surface area contributed by atoms with Crippen molar-refractivity contribution < 1.29 is 23.9 Å². The number of hydrazone groups is 1. The lowest BCUT2D eigenvalue weighted by molar-refractivity contribution is -0.148. The summed E-state index contributed by atoms with van der Waals surface area (Å²) in [7, 11) is 0. The predicted molar refractivity (Wildman–Crippen MR) is 106 cm³/mol. The zero-order chi connectivity index (χ0) is 20.6. The highest BCUT2D eigenvalue weighted by molar-refractivity contribution is 6.37. The van der Waals surface area contributed by atoms with E-state index in [4.69, 9.17) is 9.47 Å². The van der Waals surface area contributed by atoms with Crippen LogP contribution in [0.2, 0.25) is 0 Å². The first-order valence-electron chi connectivity index (χ1n) is 9.22. The molecule has 150 valence electrons. The Morgan fingerprint density at radius 1 is 1.10 bits per heavy atom. The zero-order valence-corrected chi connectivity index (χ0v) is 15.9. The third-order valence-corrected chi connectivity index (χ3v) is 4.15. The Balaban J connectivity index is 1.82. The Kier molecular flexibility index (Phi) is 6.57. The maximum absolute atomic E-state index is 13.0. The molecule has 1 aliphatic rings. The van der Waals surface area contributed by atoms with Gasteiger partial charge < -0.3 is 14.8 Å². The van der Waals surface area contributed by atoms with Gasteiger partial charge in [-0.15, -0.1) is 0 Å². The van der Waals surface area contributed by atoms with Gasteiger partial charge in [-0.05, 0) is 19.1 Å². The molecule has 0 aliphatic carbocycles. The van der Waals surface area contributed by atoms with E-state index in [0.717, 1.165) is 0 Å². The normalized spacial score (nSPS) is 14.2. The monoisotopic (exact) mass is 395 g/mol. The van der Waals surface area contributed by atoms with Gasteiger partial charge in [-0.3, -0.25) is 9.59 Å². The van der Waals surface area contributed by atoms with E-state index in [1.165, 1.54) is 0 Å². The molecule has 2 N–H and O–H groups in total. The number of hydrogen-bond donors (Lipinski definition) is 2. The molecule has 0 saturated heterocycles. The third kappa shape index (κ3) is 5.19. The van der Waals surface area contributed by atoms with Crippen molar-refractivity contribution in [3.05, 3.63) is 60.2 Å². The van der Waals surface area contributed by atoms with Gasteiger partial charge >= 0.3 is 5.97 Å². The van der Waals surface area contributed by atoms with E-state index in [0.29, 0.717) is 23.6 Å². The average Bonchev–Trinajstić information content (AvgIpc) is 2.74. The van der Waals surface area contributed by atoms with Crippen LogP contribution < -0.4 is 15.5 Å². The van der Waals surface area contributed by atoms with Crippen LogP contribution in [0, 0.1) is 0 Å². The van der Waals surface area contributed by atoms with Gasteiger partial charge in [0.05, 0.1) is 12.3 Å². The number of anilines is 1. The van der Waals surface area contributed by atoms with Gasteiger partial charge in [0.15, 0.2) is 0 Å². The average molecular weight is 395 g/mol. The standard InChI is InChI=1S/C21H21N3O5/c1-2-28-17-11-7-6-10-15(17)22-20(26)19(14-8-4-3-5-9-14)29-21(27)16-12-13-18(25)24-23-16/h3-11,19H,2,12-13H2,1H3,(H,22,26)(H,24,25)/t19-/m1/s1. The number of carbonyl (C=O) groups is 3. The van der Waals surface area contributed by atoms with Gasteiger partial charge in [-0.2, -0.15) is 5.10 Å². The number of esters is 1. The van der Waals surface area contributed by atoms with Crippen molar-refractivity contribution in [2.75, 3.05) is 11.9 Å². The fourth-order valence-electron chi connectivity index (χ4n) is 2.75. The number of nitrogens with zero attached hydrogens (tertiary/aromatic N) is 1. The number of para-hydroxylation sites is 2. The summed E-state index contributed by atoms with van der Waals surface area (Å²) < 4.78 is 11.0. The van der Waals surface area contributed by atoms with Gasteiger partial charge in [0.25, 0.3) is 5.91 Å². The topological polar surface area (TPSA) is 106 Å². The molecule has 8 nitrogen and oxygen atoms in total. The van der Waals surface area contributed by atoms with Crippen molar-refractivity contribution in [3.63, 3.8) is 0 Å². The second-order valence-electron chi connectivity index (χ2n) is 6.21. The molecular formula is C21H21N3O5. The molecule has 0 spiro atoms. The number of benzene rings is 2. The number of ether oxygens (including phenoxy) is 2. The number of carbonyl (C=O) groups excluding carboxylic acids is 3. The SMILES string of the molecule is CCOc1ccccc1NC(=O)[C@H](OC(=O)C1=NNC(=O)CC1)c1ccccc1. The first-order chi connectivity index (χ1) is 14.1. The Morgan fingerprint density at radius 2 is 1.83 bits per heavy atom. The van der Waals surface area contributed by atoms with Crippen LogP contribution in [0.5, 0.6) is 5.75 Å². The Labute approximate surface area is 167 Å². The molecule has 2 aromatic carbocycles. The second kappa shape index (κ2) is 9.50. The summed E-state index contributed by atoms with van der Waals surface area (Å²) in [5, 5.41) is 6.49. The fraction of sp³-hybridized carbons (Fsp3) is 0.238. The summed E-state index contributed by atoms with van der Waals surface area (Å²) >= 11 is 0. The number of rotatable bonds is 7. The minimum atomic E-state index is -1.20. The van der Waals surface area contributed by atoms with Crippen molar-refractivity contribution in [2.24, 2.45) is 5.10 Å². The summed E-state index contributed by atoms with van der Waals surface area (Å²) in [4.78, 5) is 36.7. The maximum atomic E-state index is 13.0. The summed E-state index contributed by atoms with van der Waals surface area (Å²) in [6.45, 7) is 2.28. The van der Waals surface area contributed by atoms with Crippen molar-refractivity contribution >= 4 is 29.2 Å². The van der Waals surface area contributed by atoms with E-state index < -0.39 is 18.0 Å². The van der Waals surface area contributed by atoms with Crippen LogP contribution in [0.3, 0.4) is 0 Å². The van der Waals surface area contributed by atoms with Gasteiger partial charge in [-0.1, -0.05) is 42.5 Å². The van der Waals surface area contributed by atoms with Crippen molar-refractivity contribution in [1.82, 2.24) is 5.43 Å². The first-order valence-corrected chi connectivity index (χ1v) is 9.22. The van der Waals surface area contributed by atoms with Crippen molar-refractivity contribution in [2.45, 2.75) is 25.9 Å². The molecule has 2 aromatic rings. The van der Waals surface area contributed by atoms with Crippen LogP contribution in [0.25, 0.3) is 0 Å². The molecule has 3 rings (SSSR count). The Morgan fingerprint density at radius 3 is 2.52 bits per heavy atom. The van der Waals surface area contributed by atoms with E-state index in [1.54, 1.807) is 54.6 Å². The maximum Gasteiger partial charge on any atom is 0.355 e. The molecule has 0 radical (unpaired) electrons. The predicted octanol–water partition coefficient (Wildman–Crippen LogP) is 2.57. The van der Waals surface area contributed by atoms with Gasteiger partial charge in [0.1, 0.15) is 11.5 Å². The lowest BCUT2D eigenvalue weighted by atomic mass is 10.1. The summed E-state index contributed by atoms with van der Waals surface area (Å²) in [5.41, 5.74) is 3.29. The number of hydrogen-bond acceptors (Lipinski definition) is 6. The molecule has 8 heteroatoms. The number of amides is 2. The summed E-state index contributed by atoms with van der Waals surface area (Å²) in [6, 6.07) is 15.7. The van der Waals surface area contributed by atoms with E-state index in [2.05, 4.69) is 15.8 Å². The molecule has 29 heavy (non-hydrogen) atoms. The fourth-order valence-corrected chi connectivity index (χ4v) is 2.75. The van der Waals surface area contributed by atoms with Crippen LogP contribution >= 0.6 is 0 Å². The highest BCUT2D eigenvalue weighted by Crippen LogP contribution is 2.27. The Bertz CT molecular complexity index is 927. The van der Waals surface area contributed by atoms with E-state index in [-0.39, 0.29) is 24.5 Å². The lowest BCUT2D eigenvalue weighted by Crippen LogP contribution is -2.33. The quantitative estimate of drug-likeness (QED) is 0.701. The molecule has 1 heterocycles. The molecule has 1 atom stereocenters. The molecule has 0 bridgehead atoms. The molecule has 0 aromatic heterocycles. The van der Waals surface area contributed by atoms with Crippen LogP contribution in [0.15, 0.2) is 59.7 Å². The summed E-state index contributed by atoms with van der Waals surface area (Å²) in [6.07, 6.45) is -0.905. The van der Waals surface area contributed by atoms with Crippen LogP contribution in [-0.2, 0) is 19.1 Å². The molecule has 2 amide bonds. The van der Waals surface area contributed by atoms with Gasteiger partial charge in [0.2, 0.25) is 12.0 Å². The zero-order valence-electron chi connectivity index (χ0n) is 15.9. The van der Waals surface area contributed by atoms with Gasteiger partial charge in [0, 0.05) is 18.4 Å². The number of nitrogens with one attached hydrogen (secondary N) is 2. The van der Waals surface area contributed by atoms with E-state index >= 15 is 0 Å². The van der Waals surface area contributed by atoms with E-state index in [1.807, 2.05) is 6.92 Å². The minimum Gasteiger partial charge on any atom is -0.492 e. The van der Waals surface area contributed by atoms with E-state index in [9.17, 15) is 14.4 Å². The Hall–Kier alpha value is -3.68. The highest BCUT2D eigenvalue weighted by atomic mass is 16.5. The van der Waals surface area contributed by atoms with Crippen LogP contribution in [0.4, 0.5) is 5.69 Å². The second-order valence-corrected chi connectivity index (χ2v) is 6.21. The van der Waals surface area contributed by atoms with Crippen LogP contribution in [-0.4, -0.2) is 30.1 Å². The summed E-state index contributed by atoms with van der Waals surface area (Å²) in [5.74, 6) is -1.04. The lowest BCUT2D eigenvalue weighted by Gasteiger charge is -2.20. The smallest absolute Gasteiger partial charge is 0.355 e. The largest absolute Gasteiger partial charge is 0.492 e. The molecule has 0 fully saturated rings. The molecular weight excluding hydrogens is 374 g/mol. The minimum absolute atomic E-state index is 0.0630. The molecule has 1 aliphatic heterocycles. The van der Waals surface area contributed by atoms with Gasteiger partial charge in [-0.25, -0.2) is 10.2 Å². The highest BCUT2D eigenvalue weighted by Gasteiger charge is 2.29. The first kappa shape index (κ1) is 20.1. The molecule has 0 saturated carbocycles. The molecule has 0 unspecified atom stereocenters. The van der Waals surface area contributed by atoms with Crippen LogP contribution in [0.1, 0.15) is 31.4 Å². The van der Waals surface area contributed by atoms with Crippen molar-refractivity contribution in [3.8, 4) is 5.75 Å².